The third-order valence-corrected chi connectivity index (χ3v) is 2.03. The van der Waals surface area contributed by atoms with Crippen LogP contribution >= 0.6 is 0 Å². The maximum atomic E-state index is 10.9. The number of azide groups is 1. The molecule has 0 aliphatic heterocycles. The van der Waals surface area contributed by atoms with Crippen molar-refractivity contribution in [1.82, 2.24) is 5.32 Å². The highest BCUT2D eigenvalue weighted by Crippen LogP contribution is 1.82. The van der Waals surface area contributed by atoms with E-state index >= 15 is 0 Å². The van der Waals surface area contributed by atoms with Crippen LogP contribution in [0, 0.1) is 0 Å². The van der Waals surface area contributed by atoms with Crippen LogP contribution in [0.4, 0.5) is 0 Å². The van der Waals surface area contributed by atoms with E-state index in [-0.39, 0.29) is 5.91 Å². The van der Waals surface area contributed by atoms with Gasteiger partial charge in [-0.1, -0.05) is 12.0 Å². The number of carbonyl (C=O) groups excluding carboxylic acids is 1. The Morgan fingerprint density at radius 2 is 1.68 bits per heavy atom. The van der Waals surface area contributed by atoms with Gasteiger partial charge in [-0.3, -0.25) is 4.79 Å². The molecule has 110 valence electrons. The highest BCUT2D eigenvalue weighted by Gasteiger charge is 1.95. The summed E-state index contributed by atoms with van der Waals surface area (Å²) in [6.07, 6.45) is 0.489. The minimum absolute atomic E-state index is 0.0257. The molecule has 8 heteroatoms. The molecule has 0 aliphatic carbocycles. The summed E-state index contributed by atoms with van der Waals surface area (Å²) in [5.74, 6) is 0.0257. The van der Waals surface area contributed by atoms with Crippen molar-refractivity contribution in [2.24, 2.45) is 5.11 Å². The predicted octanol–water partition coefficient (Wildman–Crippen LogP) is 0.873. The molecule has 0 aromatic carbocycles. The van der Waals surface area contributed by atoms with Gasteiger partial charge in [-0.05, 0) is 5.53 Å². The van der Waals surface area contributed by atoms with Gasteiger partial charge in [0.2, 0.25) is 5.91 Å². The second-order valence-corrected chi connectivity index (χ2v) is 3.50. The molecule has 0 aromatic heterocycles. The summed E-state index contributed by atoms with van der Waals surface area (Å²) in [5, 5.41) is 6.04. The standard InChI is InChI=1S/C11H22N4O4/c1-2-11(16)13-3-5-17-7-9-19-10-8-18-6-4-14-15-12/h2-10H2,1H3,(H,13,16). The Labute approximate surface area is 113 Å². The molecule has 0 rings (SSSR count). The maximum absolute atomic E-state index is 10.9. The number of carbonyl (C=O) groups is 1. The normalized spacial score (nSPS) is 9.95. The zero-order valence-electron chi connectivity index (χ0n) is 11.3. The number of nitrogens with zero attached hydrogens (tertiary/aromatic N) is 3. The van der Waals surface area contributed by atoms with Crippen molar-refractivity contribution < 1.29 is 19.0 Å². The van der Waals surface area contributed by atoms with E-state index in [1.165, 1.54) is 0 Å². The molecule has 19 heavy (non-hydrogen) atoms. The Kier molecular flexibility index (Phi) is 13.7. The van der Waals surface area contributed by atoms with Crippen molar-refractivity contribution in [3.05, 3.63) is 10.4 Å². The third kappa shape index (κ3) is 14.6. The molecule has 8 nitrogen and oxygen atoms in total. The van der Waals surface area contributed by atoms with Crippen LogP contribution < -0.4 is 5.32 Å². The first kappa shape index (κ1) is 17.7. The largest absolute Gasteiger partial charge is 0.379 e. The first-order valence-corrected chi connectivity index (χ1v) is 6.32. The molecule has 1 amide bonds. The lowest BCUT2D eigenvalue weighted by molar-refractivity contribution is -0.121. The summed E-state index contributed by atoms with van der Waals surface area (Å²) in [5.41, 5.74) is 8.01. The molecule has 0 atom stereocenters. The van der Waals surface area contributed by atoms with Crippen molar-refractivity contribution in [2.75, 3.05) is 52.7 Å². The molecular formula is C11H22N4O4. The molecule has 0 heterocycles. The summed E-state index contributed by atoms with van der Waals surface area (Å²) >= 11 is 0. The van der Waals surface area contributed by atoms with Gasteiger partial charge in [0.05, 0.1) is 39.6 Å². The Morgan fingerprint density at radius 3 is 2.26 bits per heavy atom. The van der Waals surface area contributed by atoms with E-state index in [9.17, 15) is 4.79 Å². The zero-order valence-corrected chi connectivity index (χ0v) is 11.3. The molecule has 0 bridgehead atoms. The van der Waals surface area contributed by atoms with Crippen molar-refractivity contribution >= 4 is 5.91 Å². The summed E-state index contributed by atoms with van der Waals surface area (Å²) in [6, 6.07) is 0. The number of hydrogen-bond acceptors (Lipinski definition) is 5. The minimum atomic E-state index is 0.0257. The van der Waals surface area contributed by atoms with Crippen molar-refractivity contribution in [3.8, 4) is 0 Å². The van der Waals surface area contributed by atoms with E-state index in [4.69, 9.17) is 19.7 Å². The van der Waals surface area contributed by atoms with Gasteiger partial charge in [0, 0.05) is 24.4 Å². The highest BCUT2D eigenvalue weighted by molar-refractivity contribution is 5.75. The van der Waals surface area contributed by atoms with E-state index < -0.39 is 0 Å². The lowest BCUT2D eigenvalue weighted by Gasteiger charge is -2.07. The van der Waals surface area contributed by atoms with E-state index in [2.05, 4.69) is 15.3 Å². The number of hydrogen-bond donors (Lipinski definition) is 1. The predicted molar refractivity (Wildman–Crippen MR) is 69.8 cm³/mol. The molecule has 0 fully saturated rings. The highest BCUT2D eigenvalue weighted by atomic mass is 16.5. The van der Waals surface area contributed by atoms with Gasteiger partial charge in [0.1, 0.15) is 0 Å². The van der Waals surface area contributed by atoms with Crippen molar-refractivity contribution in [1.29, 1.82) is 0 Å². The molecule has 0 saturated carbocycles. The molecule has 1 N–H and O–H groups in total. The average Bonchev–Trinajstić information content (AvgIpc) is 2.43. The molecule has 0 aliphatic rings. The maximum Gasteiger partial charge on any atom is 0.219 e. The van der Waals surface area contributed by atoms with Gasteiger partial charge in [-0.2, -0.15) is 0 Å². The van der Waals surface area contributed by atoms with Crippen LogP contribution in [0.15, 0.2) is 5.11 Å². The first-order valence-electron chi connectivity index (χ1n) is 6.32. The fourth-order valence-electron chi connectivity index (χ4n) is 1.08. The zero-order chi connectivity index (χ0) is 14.2. The summed E-state index contributed by atoms with van der Waals surface area (Å²) < 4.78 is 15.6. The average molecular weight is 274 g/mol. The molecule has 0 saturated heterocycles. The molecular weight excluding hydrogens is 252 g/mol. The SMILES string of the molecule is CCC(=O)NCCOCCOCCOCCN=[N+]=[N-]. The Morgan fingerprint density at radius 1 is 1.11 bits per heavy atom. The molecule has 0 radical (unpaired) electrons. The summed E-state index contributed by atoms with van der Waals surface area (Å²) in [6.45, 7) is 5.47. The van der Waals surface area contributed by atoms with Gasteiger partial charge in [-0.25, -0.2) is 0 Å². The van der Waals surface area contributed by atoms with Crippen LogP contribution in [0.25, 0.3) is 10.4 Å². The number of ether oxygens (including phenoxy) is 3. The van der Waals surface area contributed by atoms with Crippen LogP contribution in [-0.4, -0.2) is 58.6 Å². The monoisotopic (exact) mass is 274 g/mol. The molecule has 0 unspecified atom stereocenters. The van der Waals surface area contributed by atoms with E-state index in [1.54, 1.807) is 6.92 Å². The lowest BCUT2D eigenvalue weighted by Crippen LogP contribution is -2.26. The number of nitrogens with one attached hydrogen (secondary N) is 1. The number of rotatable bonds is 13. The molecule has 0 spiro atoms. The van der Waals surface area contributed by atoms with Crippen LogP contribution in [0.1, 0.15) is 13.3 Å². The number of amides is 1. The van der Waals surface area contributed by atoms with Crippen LogP contribution in [0.3, 0.4) is 0 Å². The topological polar surface area (TPSA) is 106 Å². The summed E-state index contributed by atoms with van der Waals surface area (Å²) in [4.78, 5) is 13.5. The fourth-order valence-corrected chi connectivity index (χ4v) is 1.08. The van der Waals surface area contributed by atoms with Crippen LogP contribution in [0.2, 0.25) is 0 Å². The summed E-state index contributed by atoms with van der Waals surface area (Å²) in [7, 11) is 0. The Balaban J connectivity index is 3.02. The van der Waals surface area contributed by atoms with Gasteiger partial charge in [-0.15, -0.1) is 0 Å². The quantitative estimate of drug-likeness (QED) is 0.233. The second-order valence-electron chi connectivity index (χ2n) is 3.50. The van der Waals surface area contributed by atoms with Gasteiger partial charge in [0.25, 0.3) is 0 Å². The van der Waals surface area contributed by atoms with E-state index in [0.29, 0.717) is 59.2 Å². The smallest absolute Gasteiger partial charge is 0.219 e. The molecule has 0 aromatic rings. The minimum Gasteiger partial charge on any atom is -0.379 e. The second kappa shape index (κ2) is 14.7. The fraction of sp³-hybridized carbons (Fsp3) is 0.909. The van der Waals surface area contributed by atoms with Gasteiger partial charge in [0.15, 0.2) is 0 Å². The Hall–Kier alpha value is -1.34. The van der Waals surface area contributed by atoms with Crippen LogP contribution in [-0.2, 0) is 19.0 Å². The van der Waals surface area contributed by atoms with E-state index in [1.807, 2.05) is 0 Å². The van der Waals surface area contributed by atoms with Crippen molar-refractivity contribution in [2.45, 2.75) is 13.3 Å². The van der Waals surface area contributed by atoms with Crippen molar-refractivity contribution in [3.63, 3.8) is 0 Å². The lowest BCUT2D eigenvalue weighted by atomic mass is 10.4. The Bertz CT molecular complexity index is 269. The van der Waals surface area contributed by atoms with Gasteiger partial charge < -0.3 is 19.5 Å². The van der Waals surface area contributed by atoms with E-state index in [0.717, 1.165) is 0 Å². The van der Waals surface area contributed by atoms with Crippen LogP contribution in [0.5, 0.6) is 0 Å². The van der Waals surface area contributed by atoms with Gasteiger partial charge >= 0.3 is 0 Å². The first-order chi connectivity index (χ1) is 9.31. The third-order valence-electron chi connectivity index (χ3n) is 2.03.